The molecule has 2 aromatic carbocycles. The van der Waals surface area contributed by atoms with Gasteiger partial charge in [0.25, 0.3) is 0 Å². The number of halogens is 3. The molecule has 2 rings (SSSR count). The van der Waals surface area contributed by atoms with E-state index in [1.165, 1.54) is 0 Å². The van der Waals surface area contributed by atoms with E-state index in [-0.39, 0.29) is 5.38 Å². The summed E-state index contributed by atoms with van der Waals surface area (Å²) in [5.41, 5.74) is 1.85. The van der Waals surface area contributed by atoms with E-state index in [2.05, 4.69) is 0 Å². The lowest BCUT2D eigenvalue weighted by Gasteiger charge is -2.12. The summed E-state index contributed by atoms with van der Waals surface area (Å²) in [4.78, 5) is 0. The number of ether oxygens (including phenoxy) is 1. The van der Waals surface area contributed by atoms with Gasteiger partial charge in [0.1, 0.15) is 5.75 Å². The standard InChI is InChI=1S/C15H13Cl3O/c1-2-19-14-5-3-10(4-6-14)15(18)11-7-12(16)9-13(17)8-11/h3-9,15H,2H2,1H3. The molecule has 0 saturated carbocycles. The molecule has 2 aromatic rings. The van der Waals surface area contributed by atoms with Crippen molar-refractivity contribution < 1.29 is 4.74 Å². The van der Waals surface area contributed by atoms with Gasteiger partial charge in [-0.15, -0.1) is 11.6 Å². The molecular formula is C15H13Cl3O. The van der Waals surface area contributed by atoms with Gasteiger partial charge >= 0.3 is 0 Å². The number of hydrogen-bond donors (Lipinski definition) is 0. The molecular weight excluding hydrogens is 303 g/mol. The molecule has 0 spiro atoms. The molecule has 0 N–H and O–H groups in total. The highest BCUT2D eigenvalue weighted by Crippen LogP contribution is 2.33. The molecule has 1 atom stereocenters. The summed E-state index contributed by atoms with van der Waals surface area (Å²) in [6.07, 6.45) is 0. The Morgan fingerprint density at radius 2 is 1.53 bits per heavy atom. The van der Waals surface area contributed by atoms with Gasteiger partial charge in [-0.1, -0.05) is 35.3 Å². The Bertz CT molecular complexity index is 532. The van der Waals surface area contributed by atoms with Crippen LogP contribution in [-0.4, -0.2) is 6.61 Å². The molecule has 0 saturated heterocycles. The average Bonchev–Trinajstić information content (AvgIpc) is 2.38. The molecule has 0 radical (unpaired) electrons. The first kappa shape index (κ1) is 14.5. The van der Waals surface area contributed by atoms with Crippen molar-refractivity contribution >= 4 is 34.8 Å². The van der Waals surface area contributed by atoms with E-state index in [4.69, 9.17) is 39.5 Å². The Hall–Kier alpha value is -0.890. The second kappa shape index (κ2) is 6.51. The first-order chi connectivity index (χ1) is 9.10. The third kappa shape index (κ3) is 3.79. The van der Waals surface area contributed by atoms with Crippen LogP contribution in [0.1, 0.15) is 23.4 Å². The zero-order valence-electron chi connectivity index (χ0n) is 10.4. The van der Waals surface area contributed by atoms with Crippen molar-refractivity contribution in [2.45, 2.75) is 12.3 Å². The topological polar surface area (TPSA) is 9.23 Å². The lowest BCUT2D eigenvalue weighted by molar-refractivity contribution is 0.340. The molecule has 19 heavy (non-hydrogen) atoms. The quantitative estimate of drug-likeness (QED) is 0.656. The van der Waals surface area contributed by atoms with Crippen LogP contribution in [0.15, 0.2) is 42.5 Å². The second-order valence-corrected chi connectivity index (χ2v) is 5.38. The van der Waals surface area contributed by atoms with Crippen molar-refractivity contribution in [3.8, 4) is 5.75 Å². The maximum atomic E-state index is 6.45. The van der Waals surface area contributed by atoms with Crippen LogP contribution in [0.4, 0.5) is 0 Å². The molecule has 0 amide bonds. The van der Waals surface area contributed by atoms with Gasteiger partial charge in [-0.3, -0.25) is 0 Å². The third-order valence-electron chi connectivity index (χ3n) is 2.66. The molecule has 0 aliphatic rings. The molecule has 0 aromatic heterocycles. The fourth-order valence-electron chi connectivity index (χ4n) is 1.81. The minimum Gasteiger partial charge on any atom is -0.494 e. The highest BCUT2D eigenvalue weighted by molar-refractivity contribution is 6.35. The first-order valence-corrected chi connectivity index (χ1v) is 7.12. The fourth-order valence-corrected chi connectivity index (χ4v) is 2.63. The number of rotatable bonds is 4. The predicted molar refractivity (Wildman–Crippen MR) is 81.8 cm³/mol. The molecule has 0 fully saturated rings. The molecule has 0 bridgehead atoms. The molecule has 1 nitrogen and oxygen atoms in total. The maximum absolute atomic E-state index is 6.45. The van der Waals surface area contributed by atoms with E-state index in [0.717, 1.165) is 16.9 Å². The van der Waals surface area contributed by atoms with E-state index in [1.54, 1.807) is 6.07 Å². The van der Waals surface area contributed by atoms with Gasteiger partial charge in [-0.05, 0) is 48.4 Å². The van der Waals surface area contributed by atoms with Crippen molar-refractivity contribution in [1.82, 2.24) is 0 Å². The summed E-state index contributed by atoms with van der Waals surface area (Å²) >= 11 is 18.4. The smallest absolute Gasteiger partial charge is 0.119 e. The van der Waals surface area contributed by atoms with Gasteiger partial charge < -0.3 is 4.74 Å². The Labute approximate surface area is 128 Å². The van der Waals surface area contributed by atoms with Gasteiger partial charge in [-0.25, -0.2) is 0 Å². The van der Waals surface area contributed by atoms with Crippen LogP contribution >= 0.6 is 34.8 Å². The zero-order chi connectivity index (χ0) is 13.8. The molecule has 100 valence electrons. The monoisotopic (exact) mass is 314 g/mol. The minimum absolute atomic E-state index is 0.285. The SMILES string of the molecule is CCOc1ccc(C(Cl)c2cc(Cl)cc(Cl)c2)cc1. The van der Waals surface area contributed by atoms with Crippen LogP contribution in [0.3, 0.4) is 0 Å². The summed E-state index contributed by atoms with van der Waals surface area (Å²) in [6, 6.07) is 13.0. The Balaban J connectivity index is 2.25. The van der Waals surface area contributed by atoms with E-state index < -0.39 is 0 Å². The van der Waals surface area contributed by atoms with Gasteiger partial charge in [0.2, 0.25) is 0 Å². The largest absolute Gasteiger partial charge is 0.494 e. The van der Waals surface area contributed by atoms with Crippen LogP contribution in [0.5, 0.6) is 5.75 Å². The number of alkyl halides is 1. The van der Waals surface area contributed by atoms with Crippen molar-refractivity contribution in [1.29, 1.82) is 0 Å². The van der Waals surface area contributed by atoms with E-state index >= 15 is 0 Å². The highest BCUT2D eigenvalue weighted by Gasteiger charge is 2.12. The number of benzene rings is 2. The second-order valence-electron chi connectivity index (χ2n) is 4.07. The number of hydrogen-bond acceptors (Lipinski definition) is 1. The van der Waals surface area contributed by atoms with E-state index in [1.807, 2.05) is 43.3 Å². The van der Waals surface area contributed by atoms with Crippen molar-refractivity contribution in [2.75, 3.05) is 6.61 Å². The molecule has 0 heterocycles. The van der Waals surface area contributed by atoms with Crippen LogP contribution in [0.25, 0.3) is 0 Å². The van der Waals surface area contributed by atoms with Crippen molar-refractivity contribution in [3.63, 3.8) is 0 Å². The first-order valence-electron chi connectivity index (χ1n) is 5.93. The van der Waals surface area contributed by atoms with Crippen LogP contribution in [0, 0.1) is 0 Å². The third-order valence-corrected chi connectivity index (χ3v) is 3.60. The Morgan fingerprint density at radius 3 is 2.05 bits per heavy atom. The molecule has 0 aliphatic heterocycles. The minimum atomic E-state index is -0.285. The van der Waals surface area contributed by atoms with Gasteiger partial charge in [0.05, 0.1) is 12.0 Å². The van der Waals surface area contributed by atoms with Crippen LogP contribution < -0.4 is 4.74 Å². The molecule has 0 aliphatic carbocycles. The molecule has 4 heteroatoms. The van der Waals surface area contributed by atoms with Gasteiger partial charge in [0, 0.05) is 10.0 Å². The van der Waals surface area contributed by atoms with Gasteiger partial charge in [-0.2, -0.15) is 0 Å². The van der Waals surface area contributed by atoms with Crippen LogP contribution in [0.2, 0.25) is 10.0 Å². The molecule has 1 unspecified atom stereocenters. The van der Waals surface area contributed by atoms with Crippen molar-refractivity contribution in [3.05, 3.63) is 63.6 Å². The van der Waals surface area contributed by atoms with Crippen LogP contribution in [-0.2, 0) is 0 Å². The van der Waals surface area contributed by atoms with Crippen molar-refractivity contribution in [2.24, 2.45) is 0 Å². The summed E-state index contributed by atoms with van der Waals surface area (Å²) in [7, 11) is 0. The maximum Gasteiger partial charge on any atom is 0.119 e. The lowest BCUT2D eigenvalue weighted by Crippen LogP contribution is -1.95. The summed E-state index contributed by atoms with van der Waals surface area (Å²) in [5, 5.41) is 0.880. The summed E-state index contributed by atoms with van der Waals surface area (Å²) in [6.45, 7) is 2.60. The average molecular weight is 316 g/mol. The van der Waals surface area contributed by atoms with E-state index in [9.17, 15) is 0 Å². The summed E-state index contributed by atoms with van der Waals surface area (Å²) in [5.74, 6) is 0.833. The normalized spacial score (nSPS) is 12.2. The van der Waals surface area contributed by atoms with Gasteiger partial charge in [0.15, 0.2) is 0 Å². The Morgan fingerprint density at radius 1 is 0.947 bits per heavy atom. The highest BCUT2D eigenvalue weighted by atomic mass is 35.5. The predicted octanol–water partition coefficient (Wildman–Crippen LogP) is 5.72. The fraction of sp³-hybridized carbons (Fsp3) is 0.200. The summed E-state index contributed by atoms with van der Waals surface area (Å²) < 4.78 is 5.40. The zero-order valence-corrected chi connectivity index (χ0v) is 12.6. The van der Waals surface area contributed by atoms with E-state index in [0.29, 0.717) is 16.7 Å². The Kier molecular flexibility index (Phi) is 4.98. The lowest BCUT2D eigenvalue weighted by atomic mass is 10.0.